The van der Waals surface area contributed by atoms with Gasteiger partial charge in [0.2, 0.25) is 5.60 Å². The van der Waals surface area contributed by atoms with Gasteiger partial charge in [-0.3, -0.25) is 4.99 Å². The van der Waals surface area contributed by atoms with E-state index >= 15 is 0 Å². The number of hydrogen-bond donors (Lipinski definition) is 3. The molecule has 0 fully saturated rings. The smallest absolute Gasteiger partial charge is 0.395 e. The Morgan fingerprint density at radius 2 is 1.86 bits per heavy atom. The average molecular weight is 522 g/mol. The predicted octanol–water partition coefficient (Wildman–Crippen LogP) is 4.81. The van der Waals surface area contributed by atoms with E-state index in [0.29, 0.717) is 11.4 Å². The minimum atomic E-state index is -5.17. The zero-order valence-corrected chi connectivity index (χ0v) is 19.5. The van der Waals surface area contributed by atoms with Gasteiger partial charge in [-0.2, -0.15) is 13.2 Å². The number of alkyl halides is 3. The van der Waals surface area contributed by atoms with Crippen LogP contribution in [0.1, 0.15) is 16.7 Å². The summed E-state index contributed by atoms with van der Waals surface area (Å²) in [6.45, 7) is -0.481. The molecular weight excluding hydrogens is 502 g/mol. The van der Waals surface area contributed by atoms with E-state index in [4.69, 9.17) is 11.6 Å². The Morgan fingerprint density at radius 3 is 2.50 bits per heavy atom. The molecule has 0 bridgehead atoms. The predicted molar refractivity (Wildman–Crippen MR) is 128 cm³/mol. The maximum atomic E-state index is 14.6. The Bertz CT molecular complexity index is 1420. The fourth-order valence-electron chi connectivity index (χ4n) is 3.95. The quantitative estimate of drug-likeness (QED) is 0.184. The van der Waals surface area contributed by atoms with Gasteiger partial charge in [-0.25, -0.2) is 14.4 Å². The van der Waals surface area contributed by atoms with Crippen LogP contribution in [0.5, 0.6) is 0 Å². The molecule has 0 amide bonds. The Hall–Kier alpha value is -3.54. The van der Waals surface area contributed by atoms with Gasteiger partial charge in [0.25, 0.3) is 0 Å². The molecule has 36 heavy (non-hydrogen) atoms. The summed E-state index contributed by atoms with van der Waals surface area (Å²) in [5.41, 5.74) is -3.58. The Balaban J connectivity index is 1.91. The van der Waals surface area contributed by atoms with E-state index in [1.165, 1.54) is 48.2 Å². The lowest BCUT2D eigenvalue weighted by molar-refractivity contribution is -0.248. The third kappa shape index (κ3) is 4.52. The van der Waals surface area contributed by atoms with Gasteiger partial charge in [0.1, 0.15) is 17.7 Å². The van der Waals surface area contributed by atoms with Crippen molar-refractivity contribution in [1.82, 2.24) is 14.5 Å². The number of halogens is 5. The molecule has 2 heterocycles. The van der Waals surface area contributed by atoms with Gasteiger partial charge in [-0.1, -0.05) is 17.7 Å². The van der Waals surface area contributed by atoms with Crippen molar-refractivity contribution in [2.45, 2.75) is 18.3 Å². The summed E-state index contributed by atoms with van der Waals surface area (Å²) < 4.78 is 58.4. The van der Waals surface area contributed by atoms with E-state index in [0.717, 1.165) is 24.7 Å². The number of rotatable bonds is 7. The monoisotopic (exact) mass is 521 g/mol. The maximum absolute atomic E-state index is 14.6. The lowest BCUT2D eigenvalue weighted by Crippen LogP contribution is -2.43. The molecule has 1 atom stereocenters. The van der Waals surface area contributed by atoms with E-state index in [1.54, 1.807) is 0 Å². The molecule has 0 saturated heterocycles. The van der Waals surface area contributed by atoms with Crippen molar-refractivity contribution in [3.8, 4) is 0 Å². The van der Waals surface area contributed by atoms with E-state index in [-0.39, 0.29) is 34.9 Å². The molecule has 12 heteroatoms. The Kier molecular flexibility index (Phi) is 6.98. The number of nitrogens with zero attached hydrogens (tertiary/aromatic N) is 4. The molecule has 0 radical (unpaired) electrons. The number of aliphatic hydroxyl groups is 2. The molecule has 3 N–H and O–H groups in total. The first kappa shape index (κ1) is 25.5. The van der Waals surface area contributed by atoms with Crippen molar-refractivity contribution < 1.29 is 27.8 Å². The second-order valence-electron chi connectivity index (χ2n) is 7.85. The largest absolute Gasteiger partial charge is 0.425 e. The standard InChI is InChI=1S/C24H20ClF4N5O2/c1-30-11-14-10-15(2-7-19(14)33-17-5-3-16(26)4-6-17)23(36,24(27,28)29)18-12-34(8-9-35)21-20(18)31-13-32-22(21)25/h2-7,10-13,33,35-36H,8-9H2,1H3. The minimum absolute atomic E-state index is 0.0517. The van der Waals surface area contributed by atoms with Crippen molar-refractivity contribution in [1.29, 1.82) is 0 Å². The highest BCUT2D eigenvalue weighted by atomic mass is 35.5. The summed E-state index contributed by atoms with van der Waals surface area (Å²) in [7, 11) is 1.45. The van der Waals surface area contributed by atoms with Crippen LogP contribution in [-0.2, 0) is 12.1 Å². The van der Waals surface area contributed by atoms with Crippen molar-refractivity contribution in [3.63, 3.8) is 0 Å². The molecular formula is C24H20ClF4N5O2. The molecule has 0 spiro atoms. The van der Waals surface area contributed by atoms with E-state index in [1.807, 2.05) is 0 Å². The lowest BCUT2D eigenvalue weighted by atomic mass is 9.85. The number of aliphatic hydroxyl groups excluding tert-OH is 1. The van der Waals surface area contributed by atoms with Gasteiger partial charge in [0, 0.05) is 48.5 Å². The summed E-state index contributed by atoms with van der Waals surface area (Å²) in [6, 6.07) is 9.07. The summed E-state index contributed by atoms with van der Waals surface area (Å²) in [4.78, 5) is 11.7. The highest BCUT2D eigenvalue weighted by Gasteiger charge is 2.58. The molecule has 7 nitrogen and oxygen atoms in total. The highest BCUT2D eigenvalue weighted by molar-refractivity contribution is 6.33. The van der Waals surface area contributed by atoms with Crippen molar-refractivity contribution >= 4 is 40.2 Å². The van der Waals surface area contributed by atoms with E-state index in [9.17, 15) is 27.8 Å². The Morgan fingerprint density at radius 1 is 1.14 bits per heavy atom. The van der Waals surface area contributed by atoms with Crippen LogP contribution in [0.15, 0.2) is 60.0 Å². The Labute approximate surface area is 207 Å². The molecule has 4 aromatic rings. The zero-order valence-electron chi connectivity index (χ0n) is 18.8. The third-order valence-corrected chi connectivity index (χ3v) is 5.88. The summed E-state index contributed by atoms with van der Waals surface area (Å²) in [5.74, 6) is -0.439. The summed E-state index contributed by atoms with van der Waals surface area (Å²) in [5, 5.41) is 23.6. The van der Waals surface area contributed by atoms with Crippen LogP contribution in [-0.4, -0.2) is 50.8 Å². The number of nitrogens with one attached hydrogen (secondary N) is 1. The van der Waals surface area contributed by atoms with Crippen LogP contribution in [0, 0.1) is 5.82 Å². The molecule has 188 valence electrons. The molecule has 0 aliphatic heterocycles. The molecule has 0 aliphatic carbocycles. The number of hydrogen-bond acceptors (Lipinski definition) is 6. The molecule has 0 saturated carbocycles. The first-order valence-corrected chi connectivity index (χ1v) is 11.0. The molecule has 2 aromatic heterocycles. The topological polar surface area (TPSA) is 95.6 Å². The molecule has 4 rings (SSSR count). The highest BCUT2D eigenvalue weighted by Crippen LogP contribution is 2.47. The van der Waals surface area contributed by atoms with Gasteiger partial charge in [0.15, 0.2) is 5.15 Å². The minimum Gasteiger partial charge on any atom is -0.395 e. The van der Waals surface area contributed by atoms with Crippen LogP contribution in [0.4, 0.5) is 28.9 Å². The van der Waals surface area contributed by atoms with Crippen molar-refractivity contribution in [3.05, 3.63) is 82.6 Å². The molecule has 0 aliphatic rings. The second-order valence-corrected chi connectivity index (χ2v) is 8.21. The third-order valence-electron chi connectivity index (χ3n) is 5.61. The number of aromatic nitrogens is 3. The molecule has 2 aromatic carbocycles. The van der Waals surface area contributed by atoms with Gasteiger partial charge in [-0.05, 0) is 42.0 Å². The van der Waals surface area contributed by atoms with Crippen LogP contribution in [0.25, 0.3) is 11.0 Å². The van der Waals surface area contributed by atoms with Crippen LogP contribution in [0.2, 0.25) is 5.15 Å². The van der Waals surface area contributed by atoms with Gasteiger partial charge in [0.05, 0.1) is 12.1 Å². The fraction of sp³-hybridized carbons (Fsp3) is 0.208. The van der Waals surface area contributed by atoms with Crippen molar-refractivity contribution in [2.75, 3.05) is 19.0 Å². The number of fused-ring (bicyclic) bond motifs is 1. The van der Waals surface area contributed by atoms with Gasteiger partial charge >= 0.3 is 6.18 Å². The maximum Gasteiger partial charge on any atom is 0.425 e. The van der Waals surface area contributed by atoms with Gasteiger partial charge < -0.3 is 20.1 Å². The lowest BCUT2D eigenvalue weighted by Gasteiger charge is -2.31. The molecule has 1 unspecified atom stereocenters. The summed E-state index contributed by atoms with van der Waals surface area (Å²) in [6.07, 6.45) is -1.78. The number of benzene rings is 2. The summed E-state index contributed by atoms with van der Waals surface area (Å²) >= 11 is 6.13. The van der Waals surface area contributed by atoms with Crippen LogP contribution >= 0.6 is 11.6 Å². The number of anilines is 2. The second kappa shape index (κ2) is 9.84. The first-order chi connectivity index (χ1) is 17.1. The van der Waals surface area contributed by atoms with Crippen LogP contribution in [0.3, 0.4) is 0 Å². The average Bonchev–Trinajstić information content (AvgIpc) is 3.21. The zero-order chi connectivity index (χ0) is 26.1. The van der Waals surface area contributed by atoms with Crippen LogP contribution < -0.4 is 5.32 Å². The van der Waals surface area contributed by atoms with Gasteiger partial charge in [-0.15, -0.1) is 0 Å². The van der Waals surface area contributed by atoms with E-state index in [2.05, 4.69) is 20.3 Å². The number of aliphatic imine (C=N–C) groups is 1. The fourth-order valence-corrected chi connectivity index (χ4v) is 4.19. The van der Waals surface area contributed by atoms with E-state index < -0.39 is 28.7 Å². The normalized spacial score (nSPS) is 13.9. The first-order valence-electron chi connectivity index (χ1n) is 10.6. The SMILES string of the molecule is CN=Cc1cc(C(O)(c2cn(CCO)c3c(Cl)ncnc23)C(F)(F)F)ccc1Nc1ccc(F)cc1. The van der Waals surface area contributed by atoms with Crippen molar-refractivity contribution in [2.24, 2.45) is 4.99 Å².